The molecule has 0 fully saturated rings. The molecule has 2 aromatic carbocycles. The molecule has 0 heterocycles. The predicted molar refractivity (Wildman–Crippen MR) is 95.3 cm³/mol. The normalized spacial score (nSPS) is 10.3. The smallest absolute Gasteiger partial charge is 0.124 e. The standard InChI is InChI=1S/2C9H11NO2.Cu/c2*11-6-5-10-7-8-3-1-2-4-9(8)12;/h2*1-4,7,11-12H,5-6H2;. The third-order valence-electron chi connectivity index (χ3n) is 2.79. The first-order valence-corrected chi connectivity index (χ1v) is 7.46. The molecule has 0 bridgehead atoms. The third kappa shape index (κ3) is 9.64. The minimum absolute atomic E-state index is 0. The van der Waals surface area contributed by atoms with E-state index >= 15 is 0 Å². The summed E-state index contributed by atoms with van der Waals surface area (Å²) in [6, 6.07) is 13.9. The van der Waals surface area contributed by atoms with Crippen LogP contribution in [-0.4, -0.2) is 59.2 Å². The molecule has 0 saturated carbocycles. The van der Waals surface area contributed by atoms with Gasteiger partial charge in [0.2, 0.25) is 0 Å². The van der Waals surface area contributed by atoms with Gasteiger partial charge in [0.1, 0.15) is 11.5 Å². The molecule has 1 radical (unpaired) electrons. The maximum Gasteiger partial charge on any atom is 0.124 e. The molecule has 2 aromatic rings. The molecular formula is C18H22CuN2O4. The average molecular weight is 394 g/mol. The molecule has 4 N–H and O–H groups in total. The molecule has 25 heavy (non-hydrogen) atoms. The fourth-order valence-electron chi connectivity index (χ4n) is 1.63. The maximum absolute atomic E-state index is 9.26. The van der Waals surface area contributed by atoms with Crippen LogP contribution in [0.3, 0.4) is 0 Å². The van der Waals surface area contributed by atoms with Crippen molar-refractivity contribution in [3.05, 3.63) is 59.7 Å². The zero-order valence-corrected chi connectivity index (χ0v) is 14.5. The summed E-state index contributed by atoms with van der Waals surface area (Å²) in [5, 5.41) is 35.4. The van der Waals surface area contributed by atoms with Gasteiger partial charge in [0, 0.05) is 40.6 Å². The van der Waals surface area contributed by atoms with E-state index in [2.05, 4.69) is 9.98 Å². The summed E-state index contributed by atoms with van der Waals surface area (Å²) in [6.07, 6.45) is 3.09. The molecule has 0 aliphatic heterocycles. The van der Waals surface area contributed by atoms with Gasteiger partial charge < -0.3 is 20.4 Å². The maximum atomic E-state index is 9.26. The summed E-state index contributed by atoms with van der Waals surface area (Å²) in [5.74, 6) is 0.415. The molecule has 0 atom stereocenters. The number of nitrogens with zero attached hydrogens (tertiary/aromatic N) is 2. The fourth-order valence-corrected chi connectivity index (χ4v) is 1.63. The molecule has 139 valence electrons. The van der Waals surface area contributed by atoms with E-state index in [1.54, 1.807) is 48.8 Å². The molecule has 0 aliphatic carbocycles. The number of phenols is 2. The predicted octanol–water partition coefficient (Wildman–Crippen LogP) is 1.60. The quantitative estimate of drug-likeness (QED) is 0.442. The van der Waals surface area contributed by atoms with Gasteiger partial charge in [-0.1, -0.05) is 24.3 Å². The number of aliphatic imine (C=N–C) groups is 2. The van der Waals surface area contributed by atoms with Crippen molar-refractivity contribution in [2.24, 2.45) is 9.98 Å². The van der Waals surface area contributed by atoms with Gasteiger partial charge in [-0.2, -0.15) is 0 Å². The SMILES string of the molecule is OCCN=Cc1ccccc1O.OCCN=Cc1ccccc1O.[Cu]. The first kappa shape index (κ1) is 22.8. The molecule has 0 saturated heterocycles. The number of hydrogen-bond donors (Lipinski definition) is 4. The summed E-state index contributed by atoms with van der Waals surface area (Å²) in [6.45, 7) is 0.802. The van der Waals surface area contributed by atoms with Gasteiger partial charge >= 0.3 is 0 Å². The van der Waals surface area contributed by atoms with Crippen molar-refractivity contribution < 1.29 is 37.5 Å². The average Bonchev–Trinajstić information content (AvgIpc) is 2.59. The van der Waals surface area contributed by atoms with E-state index in [1.807, 2.05) is 12.1 Å². The summed E-state index contributed by atoms with van der Waals surface area (Å²) in [7, 11) is 0. The van der Waals surface area contributed by atoms with Crippen LogP contribution in [0.2, 0.25) is 0 Å². The van der Waals surface area contributed by atoms with Gasteiger partial charge in [0.15, 0.2) is 0 Å². The Labute approximate surface area is 157 Å². The molecule has 2 rings (SSSR count). The molecule has 0 amide bonds. The van der Waals surface area contributed by atoms with Gasteiger partial charge in [0.05, 0.1) is 26.3 Å². The largest absolute Gasteiger partial charge is 0.507 e. The molecule has 0 aliphatic rings. The van der Waals surface area contributed by atoms with E-state index in [0.717, 1.165) is 0 Å². The van der Waals surface area contributed by atoms with Crippen molar-refractivity contribution >= 4 is 12.4 Å². The molecule has 0 aromatic heterocycles. The molecule has 6 nitrogen and oxygen atoms in total. The van der Waals surface area contributed by atoms with Crippen LogP contribution >= 0.6 is 0 Å². The number of para-hydroxylation sites is 2. The number of hydrogen-bond acceptors (Lipinski definition) is 6. The van der Waals surface area contributed by atoms with E-state index < -0.39 is 0 Å². The van der Waals surface area contributed by atoms with Gasteiger partial charge in [-0.05, 0) is 24.3 Å². The van der Waals surface area contributed by atoms with Crippen molar-refractivity contribution in [2.45, 2.75) is 0 Å². The molecule has 0 unspecified atom stereocenters. The number of benzene rings is 2. The number of rotatable bonds is 6. The summed E-state index contributed by atoms with van der Waals surface area (Å²) < 4.78 is 0. The van der Waals surface area contributed by atoms with E-state index in [9.17, 15) is 10.2 Å². The number of aliphatic hydroxyl groups is 2. The minimum Gasteiger partial charge on any atom is -0.507 e. The van der Waals surface area contributed by atoms with Crippen LogP contribution in [0.5, 0.6) is 11.5 Å². The second kappa shape index (κ2) is 14.2. The van der Waals surface area contributed by atoms with E-state index in [1.165, 1.54) is 0 Å². The Kier molecular flexibility index (Phi) is 12.9. The molecule has 0 spiro atoms. The van der Waals surface area contributed by atoms with Crippen LogP contribution in [0.4, 0.5) is 0 Å². The van der Waals surface area contributed by atoms with Crippen LogP contribution < -0.4 is 0 Å². The van der Waals surface area contributed by atoms with Gasteiger partial charge in [-0.3, -0.25) is 9.98 Å². The minimum atomic E-state index is 0. The monoisotopic (exact) mass is 393 g/mol. The van der Waals surface area contributed by atoms with Gasteiger partial charge in [-0.15, -0.1) is 0 Å². The van der Waals surface area contributed by atoms with Crippen LogP contribution in [0.1, 0.15) is 11.1 Å². The van der Waals surface area contributed by atoms with Crippen molar-refractivity contribution in [3.8, 4) is 11.5 Å². The van der Waals surface area contributed by atoms with Crippen molar-refractivity contribution in [2.75, 3.05) is 26.3 Å². The van der Waals surface area contributed by atoms with Gasteiger partial charge in [-0.25, -0.2) is 0 Å². The zero-order valence-electron chi connectivity index (χ0n) is 13.6. The number of phenolic OH excluding ortho intramolecular Hbond substituents is 2. The van der Waals surface area contributed by atoms with Crippen LogP contribution in [0.15, 0.2) is 58.5 Å². The Balaban J connectivity index is 0.000000443. The Morgan fingerprint density at radius 2 is 1.04 bits per heavy atom. The Bertz CT molecular complexity index is 606. The van der Waals surface area contributed by atoms with Gasteiger partial charge in [0.25, 0.3) is 0 Å². The van der Waals surface area contributed by atoms with Crippen LogP contribution in [0, 0.1) is 0 Å². The summed E-state index contributed by atoms with van der Waals surface area (Å²) >= 11 is 0. The molecule has 7 heteroatoms. The Morgan fingerprint density at radius 3 is 1.36 bits per heavy atom. The van der Waals surface area contributed by atoms with Crippen molar-refractivity contribution in [1.82, 2.24) is 0 Å². The summed E-state index contributed by atoms with van der Waals surface area (Å²) in [4.78, 5) is 7.77. The zero-order chi connectivity index (χ0) is 17.6. The summed E-state index contributed by atoms with van der Waals surface area (Å²) in [5.41, 5.74) is 1.34. The Morgan fingerprint density at radius 1 is 0.680 bits per heavy atom. The second-order valence-electron chi connectivity index (χ2n) is 4.64. The topological polar surface area (TPSA) is 106 Å². The van der Waals surface area contributed by atoms with Crippen molar-refractivity contribution in [3.63, 3.8) is 0 Å². The third-order valence-corrected chi connectivity index (χ3v) is 2.79. The van der Waals surface area contributed by atoms with Crippen LogP contribution in [0.25, 0.3) is 0 Å². The van der Waals surface area contributed by atoms with E-state index in [0.29, 0.717) is 24.2 Å². The van der Waals surface area contributed by atoms with E-state index in [4.69, 9.17) is 10.2 Å². The second-order valence-corrected chi connectivity index (χ2v) is 4.64. The fraction of sp³-hybridized carbons (Fsp3) is 0.222. The molecular weight excluding hydrogens is 372 g/mol. The number of aromatic hydroxyl groups is 2. The van der Waals surface area contributed by atoms with Crippen molar-refractivity contribution in [1.29, 1.82) is 0 Å². The first-order chi connectivity index (χ1) is 11.7. The Hall–Kier alpha value is -2.18. The van der Waals surface area contributed by atoms with E-state index in [-0.39, 0.29) is 41.8 Å². The number of aliphatic hydroxyl groups excluding tert-OH is 2. The first-order valence-electron chi connectivity index (χ1n) is 7.46. The van der Waals surface area contributed by atoms with Crippen LogP contribution in [-0.2, 0) is 17.1 Å².